The number of primary amides is 1. The second kappa shape index (κ2) is 7.61. The number of aromatic amines is 1. The second-order valence-corrected chi connectivity index (χ2v) is 5.91. The number of rotatable bonds is 7. The summed E-state index contributed by atoms with van der Waals surface area (Å²) >= 11 is 0. The zero-order chi connectivity index (χ0) is 17.6. The van der Waals surface area contributed by atoms with E-state index >= 15 is 0 Å². The number of carbonyl (C=O) groups is 2. The number of benzene rings is 2. The van der Waals surface area contributed by atoms with Gasteiger partial charge in [-0.05, 0) is 17.7 Å². The van der Waals surface area contributed by atoms with Gasteiger partial charge in [-0.2, -0.15) is 0 Å². The van der Waals surface area contributed by atoms with E-state index in [1.165, 1.54) is 0 Å². The highest BCUT2D eigenvalue weighted by atomic mass is 16.2. The van der Waals surface area contributed by atoms with Gasteiger partial charge in [0.05, 0.1) is 11.0 Å². The molecule has 128 valence electrons. The van der Waals surface area contributed by atoms with Gasteiger partial charge in [0.25, 0.3) is 0 Å². The fourth-order valence-corrected chi connectivity index (χ4v) is 2.70. The number of aryl methyl sites for hydroxylation is 1. The highest BCUT2D eigenvalue weighted by molar-refractivity contribution is 5.86. The molecule has 1 heterocycles. The van der Waals surface area contributed by atoms with Crippen LogP contribution in [0.5, 0.6) is 0 Å². The molecule has 4 N–H and O–H groups in total. The van der Waals surface area contributed by atoms with Crippen LogP contribution >= 0.6 is 0 Å². The van der Waals surface area contributed by atoms with Gasteiger partial charge in [-0.15, -0.1) is 0 Å². The van der Waals surface area contributed by atoms with E-state index in [2.05, 4.69) is 15.3 Å². The third-order valence-electron chi connectivity index (χ3n) is 3.99. The summed E-state index contributed by atoms with van der Waals surface area (Å²) in [4.78, 5) is 31.4. The predicted molar refractivity (Wildman–Crippen MR) is 95.7 cm³/mol. The number of para-hydroxylation sites is 2. The molecule has 6 heteroatoms. The molecule has 0 aliphatic carbocycles. The van der Waals surface area contributed by atoms with E-state index in [1.807, 2.05) is 54.6 Å². The van der Waals surface area contributed by atoms with Crippen molar-refractivity contribution in [2.24, 2.45) is 5.73 Å². The highest BCUT2D eigenvalue weighted by Crippen LogP contribution is 2.11. The van der Waals surface area contributed by atoms with Crippen molar-refractivity contribution in [3.63, 3.8) is 0 Å². The summed E-state index contributed by atoms with van der Waals surface area (Å²) in [7, 11) is 0. The lowest BCUT2D eigenvalue weighted by atomic mass is 10.1. The average Bonchev–Trinajstić information content (AvgIpc) is 3.03. The molecule has 0 saturated carbocycles. The number of nitrogens with two attached hydrogens (primary N) is 1. The zero-order valence-electron chi connectivity index (χ0n) is 13.7. The predicted octanol–water partition coefficient (Wildman–Crippen LogP) is 1.71. The van der Waals surface area contributed by atoms with Crippen molar-refractivity contribution in [2.75, 3.05) is 0 Å². The summed E-state index contributed by atoms with van der Waals surface area (Å²) in [5, 5.41) is 2.71. The summed E-state index contributed by atoms with van der Waals surface area (Å²) in [5.41, 5.74) is 8.18. The Bertz CT molecular complexity index is 840. The number of H-pyrrole nitrogens is 1. The van der Waals surface area contributed by atoms with Crippen LogP contribution in [-0.4, -0.2) is 27.8 Å². The van der Waals surface area contributed by atoms with E-state index in [-0.39, 0.29) is 12.3 Å². The van der Waals surface area contributed by atoms with Crippen molar-refractivity contribution in [2.45, 2.75) is 25.3 Å². The van der Waals surface area contributed by atoms with Gasteiger partial charge < -0.3 is 16.0 Å². The van der Waals surface area contributed by atoms with Crippen LogP contribution < -0.4 is 11.1 Å². The molecule has 0 aliphatic heterocycles. The van der Waals surface area contributed by atoms with Crippen molar-refractivity contribution in [3.05, 3.63) is 66.0 Å². The topological polar surface area (TPSA) is 101 Å². The van der Waals surface area contributed by atoms with Crippen LogP contribution in [0, 0.1) is 0 Å². The van der Waals surface area contributed by atoms with E-state index in [4.69, 9.17) is 5.73 Å². The van der Waals surface area contributed by atoms with Crippen molar-refractivity contribution >= 4 is 22.8 Å². The number of carbonyl (C=O) groups excluding carboxylic acids is 2. The van der Waals surface area contributed by atoms with Gasteiger partial charge in [-0.1, -0.05) is 42.5 Å². The third kappa shape index (κ3) is 4.44. The quantitative estimate of drug-likeness (QED) is 0.612. The largest absolute Gasteiger partial charge is 0.368 e. The normalized spacial score (nSPS) is 12.0. The Kier molecular flexibility index (Phi) is 5.09. The Morgan fingerprint density at radius 3 is 2.52 bits per heavy atom. The van der Waals surface area contributed by atoms with Crippen LogP contribution in [0.2, 0.25) is 0 Å². The van der Waals surface area contributed by atoms with E-state index in [1.54, 1.807) is 0 Å². The molecule has 0 fully saturated rings. The molecule has 0 radical (unpaired) electrons. The summed E-state index contributed by atoms with van der Waals surface area (Å²) in [6, 6.07) is 16.5. The first-order chi connectivity index (χ1) is 12.1. The first kappa shape index (κ1) is 16.7. The minimum absolute atomic E-state index is 0.222. The number of aromatic nitrogens is 2. The molecular formula is C19H20N4O2. The molecule has 1 aromatic heterocycles. The number of nitrogens with one attached hydrogen (secondary N) is 2. The molecule has 0 bridgehead atoms. The van der Waals surface area contributed by atoms with Crippen LogP contribution in [-0.2, 0) is 22.4 Å². The SMILES string of the molecule is NC(=O)C(Cc1ccccc1)NC(=O)CCc1nc2ccccc2[nH]1. The zero-order valence-corrected chi connectivity index (χ0v) is 13.7. The first-order valence-electron chi connectivity index (χ1n) is 8.18. The summed E-state index contributed by atoms with van der Waals surface area (Å²) in [6.45, 7) is 0. The Labute approximate surface area is 145 Å². The number of imidazole rings is 1. The van der Waals surface area contributed by atoms with Crippen LogP contribution in [0.3, 0.4) is 0 Å². The molecule has 3 rings (SSSR count). The fraction of sp³-hybridized carbons (Fsp3) is 0.211. The molecule has 6 nitrogen and oxygen atoms in total. The molecule has 0 aliphatic rings. The maximum atomic E-state index is 12.2. The summed E-state index contributed by atoms with van der Waals surface area (Å²) in [5.74, 6) is -0.0174. The minimum Gasteiger partial charge on any atom is -0.368 e. The number of amides is 2. The monoisotopic (exact) mass is 336 g/mol. The van der Waals surface area contributed by atoms with Gasteiger partial charge in [-0.3, -0.25) is 9.59 Å². The fourth-order valence-electron chi connectivity index (χ4n) is 2.70. The van der Waals surface area contributed by atoms with E-state index in [0.29, 0.717) is 12.8 Å². The van der Waals surface area contributed by atoms with Gasteiger partial charge in [0, 0.05) is 19.3 Å². The molecule has 25 heavy (non-hydrogen) atoms. The van der Waals surface area contributed by atoms with Crippen molar-refractivity contribution in [3.8, 4) is 0 Å². The number of hydrogen-bond donors (Lipinski definition) is 3. The average molecular weight is 336 g/mol. The molecule has 0 spiro atoms. The Hall–Kier alpha value is -3.15. The number of fused-ring (bicyclic) bond motifs is 1. The molecule has 3 aromatic rings. The van der Waals surface area contributed by atoms with Crippen LogP contribution in [0.25, 0.3) is 11.0 Å². The Balaban J connectivity index is 1.57. The van der Waals surface area contributed by atoms with Crippen LogP contribution in [0.4, 0.5) is 0 Å². The van der Waals surface area contributed by atoms with Gasteiger partial charge >= 0.3 is 0 Å². The Morgan fingerprint density at radius 2 is 1.80 bits per heavy atom. The molecule has 1 atom stereocenters. The third-order valence-corrected chi connectivity index (χ3v) is 3.99. The van der Waals surface area contributed by atoms with Gasteiger partial charge in [0.15, 0.2) is 0 Å². The number of hydrogen-bond acceptors (Lipinski definition) is 3. The smallest absolute Gasteiger partial charge is 0.240 e. The van der Waals surface area contributed by atoms with Gasteiger partial charge in [-0.25, -0.2) is 4.98 Å². The lowest BCUT2D eigenvalue weighted by Crippen LogP contribution is -2.45. The maximum absolute atomic E-state index is 12.2. The molecule has 2 aromatic carbocycles. The van der Waals surface area contributed by atoms with Crippen LogP contribution in [0.1, 0.15) is 17.8 Å². The lowest BCUT2D eigenvalue weighted by Gasteiger charge is -2.15. The number of nitrogens with zero attached hydrogens (tertiary/aromatic N) is 1. The minimum atomic E-state index is -0.717. The molecule has 1 unspecified atom stereocenters. The van der Waals surface area contributed by atoms with E-state index < -0.39 is 11.9 Å². The summed E-state index contributed by atoms with van der Waals surface area (Å²) in [6.07, 6.45) is 1.09. The van der Waals surface area contributed by atoms with Gasteiger partial charge in [0.1, 0.15) is 11.9 Å². The van der Waals surface area contributed by atoms with E-state index in [0.717, 1.165) is 22.4 Å². The van der Waals surface area contributed by atoms with Crippen molar-refractivity contribution in [1.82, 2.24) is 15.3 Å². The van der Waals surface area contributed by atoms with Crippen molar-refractivity contribution in [1.29, 1.82) is 0 Å². The molecular weight excluding hydrogens is 316 g/mol. The standard InChI is InChI=1S/C19H20N4O2/c20-19(25)16(12-13-6-2-1-3-7-13)23-18(24)11-10-17-21-14-8-4-5-9-15(14)22-17/h1-9,16H,10-12H2,(H2,20,25)(H,21,22)(H,23,24). The lowest BCUT2D eigenvalue weighted by molar-refractivity contribution is -0.127. The first-order valence-corrected chi connectivity index (χ1v) is 8.18. The molecule has 0 saturated heterocycles. The van der Waals surface area contributed by atoms with Crippen LogP contribution in [0.15, 0.2) is 54.6 Å². The Morgan fingerprint density at radius 1 is 1.08 bits per heavy atom. The summed E-state index contributed by atoms with van der Waals surface area (Å²) < 4.78 is 0. The molecule has 2 amide bonds. The van der Waals surface area contributed by atoms with E-state index in [9.17, 15) is 9.59 Å². The van der Waals surface area contributed by atoms with Gasteiger partial charge in [0.2, 0.25) is 11.8 Å². The maximum Gasteiger partial charge on any atom is 0.240 e. The van der Waals surface area contributed by atoms with Crippen molar-refractivity contribution < 1.29 is 9.59 Å². The second-order valence-electron chi connectivity index (χ2n) is 5.91. The highest BCUT2D eigenvalue weighted by Gasteiger charge is 2.18.